The number of nitrogen functional groups attached to an aromatic ring is 1. The van der Waals surface area contributed by atoms with E-state index < -0.39 is 17.7 Å². The molecular weight excluding hydrogens is 274 g/mol. The highest BCUT2D eigenvalue weighted by Crippen LogP contribution is 2.11. The van der Waals surface area contributed by atoms with Crippen LogP contribution in [0.5, 0.6) is 0 Å². The molecule has 0 aliphatic rings. The maximum absolute atomic E-state index is 11.4. The number of carbonyl (C=O) groups excluding carboxylic acids is 1. The molecule has 0 saturated carbocycles. The molecular formula is C14H21N3O4. The second-order valence-electron chi connectivity index (χ2n) is 5.57. The Hall–Kier alpha value is -2.31. The van der Waals surface area contributed by atoms with Gasteiger partial charge < -0.3 is 20.9 Å². The van der Waals surface area contributed by atoms with Gasteiger partial charge in [-0.3, -0.25) is 0 Å². The largest absolute Gasteiger partial charge is 0.478 e. The first kappa shape index (κ1) is 16.7. The molecule has 4 N–H and O–H groups in total. The number of nitrogens with two attached hydrogens (primary N) is 1. The van der Waals surface area contributed by atoms with Crippen LogP contribution >= 0.6 is 0 Å². The van der Waals surface area contributed by atoms with Crippen LogP contribution in [0.4, 0.5) is 10.6 Å². The van der Waals surface area contributed by atoms with Gasteiger partial charge in [0.1, 0.15) is 17.0 Å². The number of carboxylic acids is 1. The number of pyridine rings is 1. The Bertz CT molecular complexity index is 523. The first-order valence-electron chi connectivity index (χ1n) is 6.64. The number of carbonyl (C=O) groups is 2. The van der Waals surface area contributed by atoms with Gasteiger partial charge in [0.05, 0.1) is 0 Å². The van der Waals surface area contributed by atoms with Crippen molar-refractivity contribution in [1.29, 1.82) is 0 Å². The first-order chi connectivity index (χ1) is 9.69. The molecule has 0 radical (unpaired) electrons. The summed E-state index contributed by atoms with van der Waals surface area (Å²) in [6.07, 6.45) is 0.772. The van der Waals surface area contributed by atoms with Crippen LogP contribution in [0.1, 0.15) is 43.2 Å². The van der Waals surface area contributed by atoms with E-state index in [4.69, 9.17) is 15.6 Å². The molecule has 0 atom stereocenters. The van der Waals surface area contributed by atoms with Crippen LogP contribution in [0.3, 0.4) is 0 Å². The molecule has 1 rings (SSSR count). The molecule has 0 aromatic carbocycles. The lowest BCUT2D eigenvalue weighted by atomic mass is 10.1. The highest BCUT2D eigenvalue weighted by molar-refractivity contribution is 5.92. The highest BCUT2D eigenvalue weighted by Gasteiger charge is 2.15. The molecule has 0 unspecified atom stereocenters. The van der Waals surface area contributed by atoms with Gasteiger partial charge in [-0.1, -0.05) is 0 Å². The zero-order valence-corrected chi connectivity index (χ0v) is 12.5. The number of aromatic nitrogens is 1. The fraction of sp³-hybridized carbons (Fsp3) is 0.500. The normalized spacial score (nSPS) is 11.0. The second-order valence-corrected chi connectivity index (χ2v) is 5.57. The number of nitrogens with zero attached hydrogens (tertiary/aromatic N) is 1. The van der Waals surface area contributed by atoms with E-state index in [2.05, 4.69) is 10.3 Å². The van der Waals surface area contributed by atoms with E-state index in [1.165, 1.54) is 6.07 Å². The number of aryl methyl sites for hydroxylation is 1. The number of aromatic carboxylic acids is 1. The van der Waals surface area contributed by atoms with Crippen LogP contribution in [-0.4, -0.2) is 34.3 Å². The summed E-state index contributed by atoms with van der Waals surface area (Å²) in [4.78, 5) is 26.2. The highest BCUT2D eigenvalue weighted by atomic mass is 16.6. The lowest BCUT2D eigenvalue weighted by Crippen LogP contribution is -2.33. The van der Waals surface area contributed by atoms with Gasteiger partial charge in [-0.05, 0) is 45.7 Å². The molecule has 0 bridgehead atoms. The Morgan fingerprint density at radius 2 is 2.05 bits per heavy atom. The molecule has 0 aliphatic heterocycles. The standard InChI is InChI=1S/C14H21N3O4/c1-14(2,3)21-13(20)16-8-4-5-9-6-7-10(12(18)19)11(15)17-9/h6-7H,4-5,8H2,1-3H3,(H2,15,17)(H,16,20)(H,18,19). The predicted molar refractivity (Wildman–Crippen MR) is 78.2 cm³/mol. The topological polar surface area (TPSA) is 115 Å². The number of hydrogen-bond acceptors (Lipinski definition) is 5. The van der Waals surface area contributed by atoms with Crippen LogP contribution in [-0.2, 0) is 11.2 Å². The Morgan fingerprint density at radius 1 is 1.38 bits per heavy atom. The molecule has 7 heteroatoms. The zero-order valence-electron chi connectivity index (χ0n) is 12.5. The maximum atomic E-state index is 11.4. The molecule has 1 aromatic heterocycles. The van der Waals surface area contributed by atoms with Crippen LogP contribution in [0.2, 0.25) is 0 Å². The Labute approximate surface area is 123 Å². The number of carboxylic acid groups (broad SMARTS) is 1. The predicted octanol–water partition coefficient (Wildman–Crippen LogP) is 1.82. The SMILES string of the molecule is CC(C)(C)OC(=O)NCCCc1ccc(C(=O)O)c(N)n1. The number of hydrogen-bond donors (Lipinski definition) is 3. The van der Waals surface area contributed by atoms with E-state index >= 15 is 0 Å². The summed E-state index contributed by atoms with van der Waals surface area (Å²) in [6, 6.07) is 3.05. The third-order valence-corrected chi connectivity index (χ3v) is 2.49. The summed E-state index contributed by atoms with van der Waals surface area (Å²) in [7, 11) is 0. The van der Waals surface area contributed by atoms with Gasteiger partial charge in [-0.25, -0.2) is 14.6 Å². The van der Waals surface area contributed by atoms with E-state index in [1.54, 1.807) is 26.8 Å². The van der Waals surface area contributed by atoms with Crippen LogP contribution in [0.15, 0.2) is 12.1 Å². The van der Waals surface area contributed by atoms with Gasteiger partial charge in [-0.15, -0.1) is 0 Å². The van der Waals surface area contributed by atoms with E-state index in [0.29, 0.717) is 25.1 Å². The average molecular weight is 295 g/mol. The van der Waals surface area contributed by atoms with Crippen molar-refractivity contribution >= 4 is 17.9 Å². The van der Waals surface area contributed by atoms with Gasteiger partial charge >= 0.3 is 12.1 Å². The average Bonchev–Trinajstić information content (AvgIpc) is 2.32. The molecule has 1 heterocycles. The summed E-state index contributed by atoms with van der Waals surface area (Å²) in [5.74, 6) is -1.10. The summed E-state index contributed by atoms with van der Waals surface area (Å²) >= 11 is 0. The Morgan fingerprint density at radius 3 is 2.57 bits per heavy atom. The number of amides is 1. The maximum Gasteiger partial charge on any atom is 0.407 e. The van der Waals surface area contributed by atoms with Gasteiger partial charge in [0.25, 0.3) is 0 Å². The second kappa shape index (κ2) is 6.92. The Balaban J connectivity index is 2.38. The van der Waals surface area contributed by atoms with Crippen molar-refractivity contribution in [3.05, 3.63) is 23.4 Å². The van der Waals surface area contributed by atoms with Crippen molar-refractivity contribution < 1.29 is 19.4 Å². The summed E-state index contributed by atoms with van der Waals surface area (Å²) in [6.45, 7) is 5.83. The molecule has 0 fully saturated rings. The smallest absolute Gasteiger partial charge is 0.407 e. The molecule has 1 amide bonds. The van der Waals surface area contributed by atoms with Crippen LogP contribution in [0, 0.1) is 0 Å². The van der Waals surface area contributed by atoms with Crippen molar-refractivity contribution in [3.63, 3.8) is 0 Å². The number of nitrogens with one attached hydrogen (secondary N) is 1. The number of alkyl carbamates (subject to hydrolysis) is 1. The fourth-order valence-corrected chi connectivity index (χ4v) is 1.61. The minimum Gasteiger partial charge on any atom is -0.478 e. The third-order valence-electron chi connectivity index (χ3n) is 2.49. The van der Waals surface area contributed by atoms with Crippen molar-refractivity contribution in [3.8, 4) is 0 Å². The monoisotopic (exact) mass is 295 g/mol. The Kier molecular flexibility index (Phi) is 5.52. The molecule has 1 aromatic rings. The molecule has 116 valence electrons. The van der Waals surface area contributed by atoms with Gasteiger partial charge in [0, 0.05) is 12.2 Å². The number of ether oxygens (including phenoxy) is 1. The van der Waals surface area contributed by atoms with Crippen LogP contribution < -0.4 is 11.1 Å². The van der Waals surface area contributed by atoms with Crippen molar-refractivity contribution in [1.82, 2.24) is 10.3 Å². The van der Waals surface area contributed by atoms with Crippen molar-refractivity contribution in [2.24, 2.45) is 0 Å². The lowest BCUT2D eigenvalue weighted by molar-refractivity contribution is 0.0526. The molecule has 0 spiro atoms. The van der Waals surface area contributed by atoms with Crippen LogP contribution in [0.25, 0.3) is 0 Å². The molecule has 0 aliphatic carbocycles. The molecule has 0 saturated heterocycles. The zero-order chi connectivity index (χ0) is 16.0. The van der Waals surface area contributed by atoms with Crippen molar-refractivity contribution in [2.75, 3.05) is 12.3 Å². The minimum absolute atomic E-state index is 0.0000940. The quantitative estimate of drug-likeness (QED) is 0.714. The van der Waals surface area contributed by atoms with Gasteiger partial charge in [0.2, 0.25) is 0 Å². The first-order valence-corrected chi connectivity index (χ1v) is 6.64. The van der Waals surface area contributed by atoms with Gasteiger partial charge in [-0.2, -0.15) is 0 Å². The van der Waals surface area contributed by atoms with E-state index in [1.807, 2.05) is 0 Å². The van der Waals surface area contributed by atoms with Crippen molar-refractivity contribution in [2.45, 2.75) is 39.2 Å². The van der Waals surface area contributed by atoms with E-state index in [0.717, 1.165) is 0 Å². The van der Waals surface area contributed by atoms with E-state index in [-0.39, 0.29) is 11.4 Å². The van der Waals surface area contributed by atoms with E-state index in [9.17, 15) is 9.59 Å². The third kappa shape index (κ3) is 6.11. The number of rotatable bonds is 5. The summed E-state index contributed by atoms with van der Waals surface area (Å²) in [5.41, 5.74) is 5.72. The minimum atomic E-state index is -1.10. The lowest BCUT2D eigenvalue weighted by Gasteiger charge is -2.19. The molecule has 21 heavy (non-hydrogen) atoms. The fourth-order valence-electron chi connectivity index (χ4n) is 1.61. The summed E-state index contributed by atoms with van der Waals surface area (Å²) in [5, 5.41) is 11.5. The van der Waals surface area contributed by atoms with Gasteiger partial charge in [0.15, 0.2) is 0 Å². The summed E-state index contributed by atoms with van der Waals surface area (Å²) < 4.78 is 5.10. The number of anilines is 1. The molecule has 7 nitrogen and oxygen atoms in total.